The van der Waals surface area contributed by atoms with E-state index in [0.29, 0.717) is 31.9 Å². The van der Waals surface area contributed by atoms with Gasteiger partial charge in [-0.25, -0.2) is 4.98 Å². The molecule has 0 spiro atoms. The Morgan fingerprint density at radius 2 is 1.85 bits per heavy atom. The van der Waals surface area contributed by atoms with E-state index in [-0.39, 0.29) is 5.91 Å². The Labute approximate surface area is 205 Å². The molecule has 0 unspecified atom stereocenters. The van der Waals surface area contributed by atoms with Gasteiger partial charge in [-0.15, -0.1) is 11.3 Å². The number of halogens is 1. The van der Waals surface area contributed by atoms with Crippen molar-refractivity contribution in [2.75, 3.05) is 24.3 Å². The minimum atomic E-state index is -0.263. The molecule has 4 aromatic rings. The Kier molecular flexibility index (Phi) is 6.90. The van der Waals surface area contributed by atoms with Crippen LogP contribution in [-0.4, -0.2) is 25.0 Å². The van der Waals surface area contributed by atoms with Gasteiger partial charge in [0.1, 0.15) is 21.8 Å². The van der Waals surface area contributed by atoms with Crippen LogP contribution in [0.15, 0.2) is 66.0 Å². The third-order valence-corrected chi connectivity index (χ3v) is 6.92. The molecule has 1 N–H and O–H groups in total. The summed E-state index contributed by atoms with van der Waals surface area (Å²) in [6.45, 7) is 0. The Balaban J connectivity index is 1.69. The van der Waals surface area contributed by atoms with Gasteiger partial charge in [0.2, 0.25) is 0 Å². The number of rotatable bonds is 6. The summed E-state index contributed by atoms with van der Waals surface area (Å²) in [6.07, 6.45) is 1.81. The number of aromatic nitrogens is 1. The van der Waals surface area contributed by atoms with Crippen LogP contribution in [0.2, 0.25) is 5.02 Å². The van der Waals surface area contributed by atoms with E-state index >= 15 is 0 Å². The fraction of sp³-hybridized carbons (Fsp3) is 0.0800. The van der Waals surface area contributed by atoms with Crippen LogP contribution < -0.4 is 10.2 Å². The van der Waals surface area contributed by atoms with E-state index in [2.05, 4.69) is 11.4 Å². The number of thiazole rings is 1. The molecule has 5 nitrogen and oxygen atoms in total. The van der Waals surface area contributed by atoms with Crippen molar-refractivity contribution < 1.29 is 4.79 Å². The van der Waals surface area contributed by atoms with Crippen molar-refractivity contribution in [2.24, 2.45) is 0 Å². The second-order valence-corrected chi connectivity index (χ2v) is 9.67. The lowest BCUT2D eigenvalue weighted by Crippen LogP contribution is -2.11. The van der Waals surface area contributed by atoms with Gasteiger partial charge in [0.15, 0.2) is 0 Å². The maximum absolute atomic E-state index is 12.8. The van der Waals surface area contributed by atoms with Crippen LogP contribution >= 0.6 is 34.3 Å². The monoisotopic (exact) mass is 490 g/mol. The van der Waals surface area contributed by atoms with E-state index in [1.54, 1.807) is 30.3 Å². The summed E-state index contributed by atoms with van der Waals surface area (Å²) in [7, 11) is 3.96. The highest BCUT2D eigenvalue weighted by atomic mass is 35.5. The molecule has 33 heavy (non-hydrogen) atoms. The summed E-state index contributed by atoms with van der Waals surface area (Å²) in [5.74, 6) is -0.263. The lowest BCUT2D eigenvalue weighted by molar-refractivity contribution is 0.102. The van der Waals surface area contributed by atoms with E-state index in [1.807, 2.05) is 60.8 Å². The average Bonchev–Trinajstić information content (AvgIpc) is 3.48. The third-order valence-electron chi connectivity index (χ3n) is 4.79. The van der Waals surface area contributed by atoms with Crippen LogP contribution in [-0.2, 0) is 0 Å². The summed E-state index contributed by atoms with van der Waals surface area (Å²) in [6, 6.07) is 20.7. The number of nitriles is 1. The summed E-state index contributed by atoms with van der Waals surface area (Å²) in [4.78, 5) is 20.5. The van der Waals surface area contributed by atoms with Gasteiger partial charge in [-0.3, -0.25) is 4.79 Å². The van der Waals surface area contributed by atoms with Crippen LogP contribution in [0.1, 0.15) is 20.9 Å². The van der Waals surface area contributed by atoms with E-state index < -0.39 is 0 Å². The summed E-state index contributed by atoms with van der Waals surface area (Å²) in [5, 5.41) is 16.5. The largest absolute Gasteiger partial charge is 0.378 e. The van der Waals surface area contributed by atoms with Gasteiger partial charge in [0, 0.05) is 30.4 Å². The van der Waals surface area contributed by atoms with E-state index in [4.69, 9.17) is 16.6 Å². The van der Waals surface area contributed by atoms with Gasteiger partial charge in [0.05, 0.1) is 10.5 Å². The maximum atomic E-state index is 12.8. The molecule has 1 amide bonds. The molecule has 0 atom stereocenters. The number of carbonyl (C=O) groups is 1. The number of hydrogen-bond acceptors (Lipinski definition) is 6. The highest BCUT2D eigenvalue weighted by Gasteiger charge is 2.19. The average molecular weight is 491 g/mol. The Morgan fingerprint density at radius 1 is 1.12 bits per heavy atom. The van der Waals surface area contributed by atoms with E-state index in [9.17, 15) is 10.1 Å². The highest BCUT2D eigenvalue weighted by molar-refractivity contribution is 7.19. The van der Waals surface area contributed by atoms with Crippen molar-refractivity contribution in [3.05, 3.63) is 87.2 Å². The number of nitrogens with one attached hydrogen (secondary N) is 1. The lowest BCUT2D eigenvalue weighted by atomic mass is 10.1. The lowest BCUT2D eigenvalue weighted by Gasteiger charge is -2.11. The minimum absolute atomic E-state index is 0.263. The van der Waals surface area contributed by atoms with Crippen LogP contribution in [0.3, 0.4) is 0 Å². The zero-order chi connectivity index (χ0) is 23.4. The van der Waals surface area contributed by atoms with E-state index in [1.165, 1.54) is 22.7 Å². The molecule has 2 aromatic carbocycles. The highest BCUT2D eigenvalue weighted by Crippen LogP contribution is 2.38. The standard InChI is InChI=1S/C25H19ClN4OS2/c1-30(2)20-11-5-16(6-12-20)14-18(15-27)24-28-22(21-4-3-13-32-21)25(33-24)29-23(31)17-7-9-19(26)10-8-17/h3-14H,1-2H3,(H,29,31)/b18-14+. The second kappa shape index (κ2) is 10.0. The first-order valence-corrected chi connectivity index (χ1v) is 12.0. The van der Waals surface area contributed by atoms with Crippen LogP contribution in [0.25, 0.3) is 22.2 Å². The summed E-state index contributed by atoms with van der Waals surface area (Å²) >= 11 is 8.74. The zero-order valence-electron chi connectivity index (χ0n) is 17.9. The van der Waals surface area contributed by atoms with Gasteiger partial charge in [-0.2, -0.15) is 5.26 Å². The number of carbonyl (C=O) groups excluding carboxylic acids is 1. The number of benzene rings is 2. The quantitative estimate of drug-likeness (QED) is 0.298. The molecule has 8 heteroatoms. The zero-order valence-corrected chi connectivity index (χ0v) is 20.3. The number of amides is 1. The fourth-order valence-electron chi connectivity index (χ4n) is 3.05. The number of anilines is 2. The van der Waals surface area contributed by atoms with Crippen molar-refractivity contribution in [2.45, 2.75) is 0 Å². The summed E-state index contributed by atoms with van der Waals surface area (Å²) in [5.41, 5.74) is 3.55. The molecule has 0 fully saturated rings. The van der Waals surface area contributed by atoms with Crippen LogP contribution in [0, 0.1) is 11.3 Å². The first-order chi connectivity index (χ1) is 15.9. The van der Waals surface area contributed by atoms with Crippen LogP contribution in [0.4, 0.5) is 10.7 Å². The molecule has 0 aliphatic carbocycles. The predicted molar refractivity (Wildman–Crippen MR) is 139 cm³/mol. The molecule has 164 valence electrons. The Hall–Kier alpha value is -3.44. The van der Waals surface area contributed by atoms with Gasteiger partial charge >= 0.3 is 0 Å². The van der Waals surface area contributed by atoms with Gasteiger partial charge in [-0.05, 0) is 59.5 Å². The molecule has 0 bridgehead atoms. The fourth-order valence-corrected chi connectivity index (χ4v) is 4.91. The van der Waals surface area contributed by atoms with E-state index in [0.717, 1.165) is 16.1 Å². The Morgan fingerprint density at radius 3 is 2.45 bits per heavy atom. The number of allylic oxidation sites excluding steroid dienone is 1. The number of nitrogens with zero attached hydrogens (tertiary/aromatic N) is 3. The molecule has 4 rings (SSSR count). The molecule has 0 aliphatic heterocycles. The SMILES string of the molecule is CN(C)c1ccc(/C=C(\C#N)c2nc(-c3cccs3)c(NC(=O)c3ccc(Cl)cc3)s2)cc1. The third kappa shape index (κ3) is 5.32. The second-order valence-electron chi connectivity index (χ2n) is 7.29. The van der Waals surface area contributed by atoms with Crippen LogP contribution in [0.5, 0.6) is 0 Å². The molecule has 0 radical (unpaired) electrons. The van der Waals surface area contributed by atoms with Crippen molar-refractivity contribution >= 4 is 62.5 Å². The molecular weight excluding hydrogens is 472 g/mol. The topological polar surface area (TPSA) is 69.0 Å². The Bertz CT molecular complexity index is 1330. The molecule has 2 heterocycles. The first-order valence-electron chi connectivity index (χ1n) is 9.96. The number of thiophene rings is 1. The van der Waals surface area contributed by atoms with Crippen molar-refractivity contribution in [1.82, 2.24) is 4.98 Å². The minimum Gasteiger partial charge on any atom is -0.378 e. The van der Waals surface area contributed by atoms with Gasteiger partial charge in [0.25, 0.3) is 5.91 Å². The smallest absolute Gasteiger partial charge is 0.256 e. The number of hydrogen-bond donors (Lipinski definition) is 1. The molecule has 2 aromatic heterocycles. The van der Waals surface area contributed by atoms with Gasteiger partial charge in [-0.1, -0.05) is 41.1 Å². The normalized spacial score (nSPS) is 11.2. The van der Waals surface area contributed by atoms with Crippen molar-refractivity contribution in [1.29, 1.82) is 5.26 Å². The first kappa shape index (κ1) is 22.7. The predicted octanol–water partition coefficient (Wildman–Crippen LogP) is 6.91. The summed E-state index contributed by atoms with van der Waals surface area (Å²) < 4.78 is 0. The molecule has 0 aliphatic rings. The van der Waals surface area contributed by atoms with Gasteiger partial charge < -0.3 is 10.2 Å². The van der Waals surface area contributed by atoms with Crippen molar-refractivity contribution in [3.63, 3.8) is 0 Å². The molecule has 0 saturated heterocycles. The van der Waals surface area contributed by atoms with Crippen molar-refractivity contribution in [3.8, 4) is 16.6 Å². The molecular formula is C25H19ClN4OS2. The molecule has 0 saturated carbocycles. The maximum Gasteiger partial charge on any atom is 0.256 e.